The molecule has 0 aliphatic heterocycles. The first-order valence-electron chi connectivity index (χ1n) is 8.17. The molecule has 0 aliphatic rings. The number of benzene rings is 1. The number of nitrogens with one attached hydrogen (secondary N) is 2. The highest BCUT2D eigenvalue weighted by molar-refractivity contribution is 5.87. The quantitative estimate of drug-likeness (QED) is 0.768. The van der Waals surface area contributed by atoms with E-state index in [0.717, 1.165) is 16.9 Å². The standard InChI is InChI=1S/C19H23N3O3/c1-14(19(24)21-13-16-4-3-11-20-12-16)22-18(23)10-7-15-5-8-17(25-2)9-6-15/h3-6,8-9,11-12,14H,7,10,13H2,1-2H3,(H,21,24)(H,22,23)/t14-/m0/s1. The molecule has 0 unspecified atom stereocenters. The van der Waals surface area contributed by atoms with E-state index < -0.39 is 6.04 Å². The zero-order chi connectivity index (χ0) is 18.1. The Labute approximate surface area is 147 Å². The topological polar surface area (TPSA) is 80.3 Å². The fourth-order valence-electron chi connectivity index (χ4n) is 2.27. The second kappa shape index (κ2) is 9.42. The van der Waals surface area contributed by atoms with Gasteiger partial charge in [-0.05, 0) is 42.7 Å². The number of aryl methyl sites for hydroxylation is 1. The van der Waals surface area contributed by atoms with Gasteiger partial charge in [0, 0.05) is 25.4 Å². The Balaban J connectivity index is 1.72. The maximum Gasteiger partial charge on any atom is 0.242 e. The number of nitrogens with zero attached hydrogens (tertiary/aromatic N) is 1. The van der Waals surface area contributed by atoms with Gasteiger partial charge in [-0.1, -0.05) is 18.2 Å². The summed E-state index contributed by atoms with van der Waals surface area (Å²) >= 11 is 0. The minimum Gasteiger partial charge on any atom is -0.497 e. The third kappa shape index (κ3) is 6.25. The van der Waals surface area contributed by atoms with Crippen molar-refractivity contribution in [2.75, 3.05) is 7.11 Å². The summed E-state index contributed by atoms with van der Waals surface area (Å²) in [5.41, 5.74) is 1.96. The van der Waals surface area contributed by atoms with E-state index in [0.29, 0.717) is 19.4 Å². The molecule has 0 saturated heterocycles. The highest BCUT2D eigenvalue weighted by atomic mass is 16.5. The lowest BCUT2D eigenvalue weighted by Crippen LogP contribution is -2.44. The zero-order valence-electron chi connectivity index (χ0n) is 14.5. The number of rotatable bonds is 8. The average molecular weight is 341 g/mol. The molecule has 2 N–H and O–H groups in total. The summed E-state index contributed by atoms with van der Waals surface area (Å²) in [6.07, 6.45) is 4.31. The third-order valence-electron chi connectivity index (χ3n) is 3.76. The fourth-order valence-corrected chi connectivity index (χ4v) is 2.27. The van der Waals surface area contributed by atoms with Crippen LogP contribution in [0.3, 0.4) is 0 Å². The molecule has 0 spiro atoms. The molecule has 1 aromatic heterocycles. The minimum absolute atomic E-state index is 0.153. The number of carbonyl (C=O) groups excluding carboxylic acids is 2. The van der Waals surface area contributed by atoms with Gasteiger partial charge in [-0.25, -0.2) is 0 Å². The highest BCUT2D eigenvalue weighted by Crippen LogP contribution is 2.12. The Bertz CT molecular complexity index is 687. The van der Waals surface area contributed by atoms with Crippen molar-refractivity contribution in [2.24, 2.45) is 0 Å². The summed E-state index contributed by atoms with van der Waals surface area (Å²) in [4.78, 5) is 28.0. The number of hydrogen-bond donors (Lipinski definition) is 2. The van der Waals surface area contributed by atoms with E-state index in [4.69, 9.17) is 4.74 Å². The highest BCUT2D eigenvalue weighted by Gasteiger charge is 2.15. The van der Waals surface area contributed by atoms with Gasteiger partial charge < -0.3 is 15.4 Å². The lowest BCUT2D eigenvalue weighted by molar-refractivity contribution is -0.128. The predicted molar refractivity (Wildman–Crippen MR) is 95.0 cm³/mol. The van der Waals surface area contributed by atoms with Crippen LogP contribution < -0.4 is 15.4 Å². The lowest BCUT2D eigenvalue weighted by atomic mass is 10.1. The van der Waals surface area contributed by atoms with Crippen molar-refractivity contribution >= 4 is 11.8 Å². The third-order valence-corrected chi connectivity index (χ3v) is 3.76. The average Bonchev–Trinajstić information content (AvgIpc) is 2.65. The SMILES string of the molecule is COc1ccc(CCC(=O)N[C@@H](C)C(=O)NCc2cccnc2)cc1. The molecule has 0 aliphatic carbocycles. The minimum atomic E-state index is -0.583. The Hall–Kier alpha value is -2.89. The molecule has 6 heteroatoms. The van der Waals surface area contributed by atoms with E-state index >= 15 is 0 Å². The summed E-state index contributed by atoms with van der Waals surface area (Å²) in [6.45, 7) is 2.06. The maximum atomic E-state index is 12.0. The molecule has 0 radical (unpaired) electrons. The van der Waals surface area contributed by atoms with Crippen molar-refractivity contribution in [2.45, 2.75) is 32.4 Å². The molecule has 2 aromatic rings. The number of hydrogen-bond acceptors (Lipinski definition) is 4. The van der Waals surface area contributed by atoms with Gasteiger partial charge in [-0.2, -0.15) is 0 Å². The second-order valence-corrected chi connectivity index (χ2v) is 5.72. The summed E-state index contributed by atoms with van der Waals surface area (Å²) in [6, 6.07) is 10.7. The molecule has 25 heavy (non-hydrogen) atoms. The number of methoxy groups -OCH3 is 1. The fraction of sp³-hybridized carbons (Fsp3) is 0.316. The van der Waals surface area contributed by atoms with Crippen molar-refractivity contribution in [3.05, 3.63) is 59.9 Å². The van der Waals surface area contributed by atoms with E-state index in [1.807, 2.05) is 36.4 Å². The first-order valence-corrected chi connectivity index (χ1v) is 8.17. The van der Waals surface area contributed by atoms with Gasteiger partial charge in [-0.15, -0.1) is 0 Å². The van der Waals surface area contributed by atoms with Crippen LogP contribution in [0.4, 0.5) is 0 Å². The molecule has 6 nitrogen and oxygen atoms in total. The molecule has 2 rings (SSSR count). The van der Waals surface area contributed by atoms with Crippen LogP contribution in [0.15, 0.2) is 48.8 Å². The second-order valence-electron chi connectivity index (χ2n) is 5.72. The van der Waals surface area contributed by atoms with E-state index in [1.54, 1.807) is 26.4 Å². The molecule has 1 heterocycles. The van der Waals surface area contributed by atoms with E-state index in [9.17, 15) is 9.59 Å². The van der Waals surface area contributed by atoms with Crippen molar-refractivity contribution in [1.29, 1.82) is 0 Å². The molecule has 0 fully saturated rings. The van der Waals surface area contributed by atoms with Gasteiger partial charge in [0.25, 0.3) is 0 Å². The largest absolute Gasteiger partial charge is 0.497 e. The monoisotopic (exact) mass is 341 g/mol. The molecular weight excluding hydrogens is 318 g/mol. The van der Waals surface area contributed by atoms with Crippen molar-refractivity contribution in [1.82, 2.24) is 15.6 Å². The van der Waals surface area contributed by atoms with E-state index in [-0.39, 0.29) is 11.8 Å². The summed E-state index contributed by atoms with van der Waals surface area (Å²) < 4.78 is 5.10. The number of pyridine rings is 1. The van der Waals surface area contributed by atoms with Crippen molar-refractivity contribution in [3.63, 3.8) is 0 Å². The van der Waals surface area contributed by atoms with Crippen LogP contribution in [-0.2, 0) is 22.6 Å². The Kier molecular flexibility index (Phi) is 6.95. The Morgan fingerprint density at radius 1 is 1.16 bits per heavy atom. The van der Waals surface area contributed by atoms with Crippen LogP contribution in [0.25, 0.3) is 0 Å². The molecule has 0 bridgehead atoms. The number of carbonyl (C=O) groups is 2. The van der Waals surface area contributed by atoms with Gasteiger partial charge in [0.05, 0.1) is 7.11 Å². The van der Waals surface area contributed by atoms with Crippen LogP contribution in [0, 0.1) is 0 Å². The van der Waals surface area contributed by atoms with Gasteiger partial charge in [0.2, 0.25) is 11.8 Å². The van der Waals surface area contributed by atoms with E-state index in [1.165, 1.54) is 0 Å². The van der Waals surface area contributed by atoms with Crippen molar-refractivity contribution in [3.8, 4) is 5.75 Å². The van der Waals surface area contributed by atoms with Crippen LogP contribution in [-0.4, -0.2) is 29.9 Å². The summed E-state index contributed by atoms with van der Waals surface area (Å²) in [5, 5.41) is 5.50. The molecule has 1 aromatic carbocycles. The number of ether oxygens (including phenoxy) is 1. The van der Waals surface area contributed by atoms with E-state index in [2.05, 4.69) is 15.6 Å². The Morgan fingerprint density at radius 3 is 2.56 bits per heavy atom. The van der Waals surface area contributed by atoms with Gasteiger partial charge in [-0.3, -0.25) is 14.6 Å². The molecular formula is C19H23N3O3. The zero-order valence-corrected chi connectivity index (χ0v) is 14.5. The van der Waals surface area contributed by atoms with Crippen LogP contribution in [0.1, 0.15) is 24.5 Å². The maximum absolute atomic E-state index is 12.0. The smallest absolute Gasteiger partial charge is 0.242 e. The molecule has 0 saturated carbocycles. The number of amides is 2. The molecule has 132 valence electrons. The van der Waals surface area contributed by atoms with Gasteiger partial charge in [0.15, 0.2) is 0 Å². The first-order chi connectivity index (χ1) is 12.1. The molecule has 2 amide bonds. The Morgan fingerprint density at radius 2 is 1.92 bits per heavy atom. The van der Waals surface area contributed by atoms with Gasteiger partial charge in [0.1, 0.15) is 11.8 Å². The molecule has 1 atom stereocenters. The summed E-state index contributed by atoms with van der Waals surface area (Å²) in [5.74, 6) is 0.411. The lowest BCUT2D eigenvalue weighted by Gasteiger charge is -2.14. The van der Waals surface area contributed by atoms with Gasteiger partial charge >= 0.3 is 0 Å². The predicted octanol–water partition coefficient (Wildman–Crippen LogP) is 1.84. The number of aromatic nitrogens is 1. The van der Waals surface area contributed by atoms with Crippen LogP contribution >= 0.6 is 0 Å². The van der Waals surface area contributed by atoms with Crippen molar-refractivity contribution < 1.29 is 14.3 Å². The van der Waals surface area contributed by atoms with Crippen LogP contribution in [0.5, 0.6) is 5.75 Å². The first kappa shape index (κ1) is 18.4. The van der Waals surface area contributed by atoms with Crippen LogP contribution in [0.2, 0.25) is 0 Å². The normalized spacial score (nSPS) is 11.4. The summed E-state index contributed by atoms with van der Waals surface area (Å²) in [7, 11) is 1.61.